The predicted molar refractivity (Wildman–Crippen MR) is 201 cm³/mol. The van der Waals surface area contributed by atoms with E-state index in [1.54, 1.807) is 48.7 Å². The molecule has 0 saturated heterocycles. The van der Waals surface area contributed by atoms with E-state index in [1.165, 1.54) is 15.3 Å². The molecule has 2 amide bonds. The first-order valence-electron chi connectivity index (χ1n) is 17.6. The number of amides is 2. The van der Waals surface area contributed by atoms with Gasteiger partial charge in [0.05, 0.1) is 46.5 Å². The summed E-state index contributed by atoms with van der Waals surface area (Å²) in [5.41, 5.74) is 6.57. The molecular formula is C38H42N10O5. The highest BCUT2D eigenvalue weighted by Crippen LogP contribution is 2.25. The van der Waals surface area contributed by atoms with Gasteiger partial charge in [0.15, 0.2) is 11.9 Å². The molecule has 0 aliphatic rings. The second kappa shape index (κ2) is 16.3. The number of hydrogen-bond donors (Lipinski definition) is 3. The molecule has 6 aromatic rings. The Morgan fingerprint density at radius 1 is 0.943 bits per heavy atom. The van der Waals surface area contributed by atoms with Gasteiger partial charge in [-0.05, 0) is 73.7 Å². The van der Waals surface area contributed by atoms with Gasteiger partial charge in [-0.25, -0.2) is 19.0 Å². The molecule has 1 atom stereocenters. The van der Waals surface area contributed by atoms with E-state index in [0.717, 1.165) is 66.4 Å². The monoisotopic (exact) mass is 718 g/mol. The molecular weight excluding hydrogens is 676 g/mol. The number of carbonyl (C=O) groups excluding carboxylic acids is 4. The van der Waals surface area contributed by atoms with Crippen LogP contribution in [0.15, 0.2) is 71.9 Å². The van der Waals surface area contributed by atoms with Gasteiger partial charge >= 0.3 is 5.69 Å². The summed E-state index contributed by atoms with van der Waals surface area (Å²) in [5.74, 6) is -0.319. The van der Waals surface area contributed by atoms with Gasteiger partial charge in [0.25, 0.3) is 5.91 Å². The molecule has 3 N–H and O–H groups in total. The minimum absolute atomic E-state index is 0.141. The van der Waals surface area contributed by atoms with Crippen molar-refractivity contribution in [3.05, 3.63) is 94.4 Å². The van der Waals surface area contributed by atoms with Crippen LogP contribution >= 0.6 is 0 Å². The van der Waals surface area contributed by atoms with Crippen LogP contribution in [-0.2, 0) is 23.1 Å². The third-order valence-electron chi connectivity index (χ3n) is 9.42. The van der Waals surface area contributed by atoms with E-state index in [4.69, 9.17) is 0 Å². The molecule has 274 valence electrons. The Bertz CT molecular complexity index is 2330. The van der Waals surface area contributed by atoms with Gasteiger partial charge in [-0.15, -0.1) is 0 Å². The summed E-state index contributed by atoms with van der Waals surface area (Å²) < 4.78 is 6.22. The zero-order valence-electron chi connectivity index (χ0n) is 29.9. The summed E-state index contributed by atoms with van der Waals surface area (Å²) in [6.07, 6.45) is 11.4. The van der Waals surface area contributed by atoms with E-state index in [-0.39, 0.29) is 30.3 Å². The van der Waals surface area contributed by atoms with Crippen molar-refractivity contribution in [2.45, 2.75) is 51.0 Å². The van der Waals surface area contributed by atoms with Crippen LogP contribution in [0.5, 0.6) is 0 Å². The lowest BCUT2D eigenvalue weighted by molar-refractivity contribution is -0.121. The maximum Gasteiger partial charge on any atom is 0.329 e. The number of hydrogen-bond acceptors (Lipinski definition) is 9. The Kier molecular flexibility index (Phi) is 11.2. The molecule has 4 aromatic heterocycles. The van der Waals surface area contributed by atoms with Crippen LogP contribution in [-0.4, -0.2) is 78.5 Å². The first-order chi connectivity index (χ1) is 25.8. The van der Waals surface area contributed by atoms with Crippen LogP contribution in [0, 0.1) is 0 Å². The smallest absolute Gasteiger partial charge is 0.329 e. The lowest BCUT2D eigenvalue weighted by Gasteiger charge is -2.12. The molecule has 0 aliphatic carbocycles. The van der Waals surface area contributed by atoms with Crippen LogP contribution in [0.4, 0.5) is 5.69 Å². The second-order valence-electron chi connectivity index (χ2n) is 12.8. The first-order valence-corrected chi connectivity index (χ1v) is 17.6. The van der Waals surface area contributed by atoms with E-state index >= 15 is 0 Å². The van der Waals surface area contributed by atoms with Crippen LogP contribution in [0.3, 0.4) is 0 Å². The van der Waals surface area contributed by atoms with Crippen molar-refractivity contribution in [3.8, 4) is 16.9 Å². The summed E-state index contributed by atoms with van der Waals surface area (Å²) in [5, 5.41) is 17.7. The average Bonchev–Trinajstić information content (AvgIpc) is 3.91. The van der Waals surface area contributed by atoms with Gasteiger partial charge in [-0.2, -0.15) is 10.2 Å². The van der Waals surface area contributed by atoms with Crippen LogP contribution in [0.1, 0.15) is 71.0 Å². The minimum Gasteiger partial charge on any atom is -0.385 e. The fourth-order valence-corrected chi connectivity index (χ4v) is 6.41. The predicted octanol–water partition coefficient (Wildman–Crippen LogP) is 3.89. The third-order valence-corrected chi connectivity index (χ3v) is 9.42. The normalized spacial score (nSPS) is 11.8. The van der Waals surface area contributed by atoms with Crippen LogP contribution in [0.2, 0.25) is 0 Å². The summed E-state index contributed by atoms with van der Waals surface area (Å²) in [7, 11) is 5.02. The zero-order valence-corrected chi connectivity index (χ0v) is 29.9. The Labute approximate surface area is 305 Å². The summed E-state index contributed by atoms with van der Waals surface area (Å²) in [4.78, 5) is 65.1. The molecule has 0 aliphatic heterocycles. The van der Waals surface area contributed by atoms with Crippen molar-refractivity contribution in [1.29, 1.82) is 0 Å². The fourth-order valence-electron chi connectivity index (χ4n) is 6.41. The first kappa shape index (κ1) is 36.4. The van der Waals surface area contributed by atoms with Gasteiger partial charge in [0.1, 0.15) is 12.0 Å². The van der Waals surface area contributed by atoms with E-state index < -0.39 is 6.04 Å². The number of unbranched alkanes of at least 4 members (excludes halogenated alkanes) is 3. The number of rotatable bonds is 17. The van der Waals surface area contributed by atoms with Gasteiger partial charge < -0.3 is 20.7 Å². The number of aryl methyl sites for hydroxylation is 2. The number of carbonyl (C=O) groups is 4. The molecule has 15 heteroatoms. The topological polar surface area (TPSA) is 179 Å². The molecule has 15 nitrogen and oxygen atoms in total. The molecule has 4 heterocycles. The van der Waals surface area contributed by atoms with Gasteiger partial charge in [-0.3, -0.25) is 23.5 Å². The summed E-state index contributed by atoms with van der Waals surface area (Å²) in [6, 6.07) is 14.2. The van der Waals surface area contributed by atoms with E-state index in [0.29, 0.717) is 40.9 Å². The standard InChI is InChI=1S/C38H42N10O5/c1-39-32-19-31(44-48-30(24-50)21-42-36(32)48)27-20-43-46(22-27)28-12-10-26(11-13-28)37(52)41-17-7-5-4-6-8-25-9-15-33-34(18-25)45(3)38(53)47(33)29(23-49)14-16-35(51)40-2/h9-13,15,18-24,29,39H,4-8,14,16-17H2,1-3H3,(H,40,51)(H,41,52). The SMILES string of the molecule is CNC(=O)CCC(C=O)n1c(=O)n(C)c2cc(CCCCCCNC(=O)c3ccc(-n4cc(-c5cc(NC)c6ncc(C=O)n6n5)cn4)cc3)ccc21. The Morgan fingerprint density at radius 2 is 1.74 bits per heavy atom. The number of imidazole rings is 2. The van der Waals surface area contributed by atoms with Crippen molar-refractivity contribution >= 4 is 46.8 Å². The van der Waals surface area contributed by atoms with Gasteiger partial charge in [-0.1, -0.05) is 18.9 Å². The average molecular weight is 719 g/mol. The van der Waals surface area contributed by atoms with Crippen molar-refractivity contribution in [1.82, 2.24) is 44.1 Å². The Hall–Kier alpha value is -6.38. The Balaban J connectivity index is 0.962. The molecule has 0 saturated carbocycles. The highest BCUT2D eigenvalue weighted by Gasteiger charge is 2.20. The van der Waals surface area contributed by atoms with Crippen molar-refractivity contribution in [3.63, 3.8) is 0 Å². The summed E-state index contributed by atoms with van der Waals surface area (Å²) in [6.45, 7) is 0.567. The van der Waals surface area contributed by atoms with Crippen LogP contribution < -0.4 is 21.6 Å². The van der Waals surface area contributed by atoms with E-state index in [9.17, 15) is 24.0 Å². The molecule has 0 spiro atoms. The third kappa shape index (κ3) is 7.78. The quantitative estimate of drug-likeness (QED) is 0.0932. The lowest BCUT2D eigenvalue weighted by atomic mass is 10.1. The molecule has 6 rings (SSSR count). The van der Waals surface area contributed by atoms with Gasteiger partial charge in [0, 0.05) is 51.4 Å². The molecule has 0 bridgehead atoms. The number of nitrogens with zero attached hydrogens (tertiary/aromatic N) is 7. The highest BCUT2D eigenvalue weighted by molar-refractivity contribution is 5.94. The maximum absolute atomic E-state index is 13.0. The summed E-state index contributed by atoms with van der Waals surface area (Å²) >= 11 is 0. The molecule has 0 radical (unpaired) electrons. The highest BCUT2D eigenvalue weighted by atomic mass is 16.2. The number of aromatic nitrogens is 7. The number of anilines is 1. The number of nitrogens with one attached hydrogen (secondary N) is 3. The largest absolute Gasteiger partial charge is 0.385 e. The fraction of sp³-hybridized carbons (Fsp3) is 0.316. The Morgan fingerprint density at radius 3 is 2.47 bits per heavy atom. The molecule has 2 aromatic carbocycles. The maximum atomic E-state index is 13.0. The van der Waals surface area contributed by atoms with Crippen molar-refractivity contribution in [2.24, 2.45) is 7.05 Å². The number of fused-ring (bicyclic) bond motifs is 2. The lowest BCUT2D eigenvalue weighted by Crippen LogP contribution is -2.28. The minimum atomic E-state index is -0.715. The second-order valence-corrected chi connectivity index (χ2v) is 12.8. The number of benzene rings is 2. The molecule has 0 fully saturated rings. The zero-order chi connectivity index (χ0) is 37.5. The molecule has 1 unspecified atom stereocenters. The van der Waals surface area contributed by atoms with E-state index in [1.807, 2.05) is 42.6 Å². The van der Waals surface area contributed by atoms with Crippen LogP contribution in [0.25, 0.3) is 33.6 Å². The molecule has 53 heavy (non-hydrogen) atoms. The number of aldehydes is 2. The van der Waals surface area contributed by atoms with E-state index in [2.05, 4.69) is 31.1 Å². The van der Waals surface area contributed by atoms with Crippen molar-refractivity contribution < 1.29 is 19.2 Å². The van der Waals surface area contributed by atoms with Crippen molar-refractivity contribution in [2.75, 3.05) is 26.0 Å². The van der Waals surface area contributed by atoms with Gasteiger partial charge in [0.2, 0.25) is 5.91 Å².